The van der Waals surface area contributed by atoms with Crippen LogP contribution in [-0.4, -0.2) is 42.3 Å². The Kier molecular flexibility index (Phi) is 29.8. The van der Waals surface area contributed by atoms with Crippen LogP contribution in [0, 0.1) is 24.2 Å². The van der Waals surface area contributed by atoms with E-state index in [0.717, 1.165) is 53.9 Å². The van der Waals surface area contributed by atoms with E-state index in [4.69, 9.17) is 10.1 Å². The number of nitrogens with one attached hydrogen (secondary N) is 1. The van der Waals surface area contributed by atoms with Crippen LogP contribution in [0.3, 0.4) is 0 Å². The van der Waals surface area contributed by atoms with Gasteiger partial charge in [-0.1, -0.05) is 122 Å². The SMILES string of the molecule is C=C(C)N=C(CC1CCCC1)/C(C)=C\C.CC.CC.CC1CCN(Cc2ccccc2)CC1.CCC(C)=N.COc1cc(C(C)=O)ccc1C. The topological polar surface area (TPSA) is 65.8 Å². The van der Waals surface area contributed by atoms with Crippen LogP contribution in [0.1, 0.15) is 149 Å². The molecule has 2 aromatic rings. The first kappa shape index (κ1) is 48.8. The van der Waals surface area contributed by atoms with Gasteiger partial charge in [0, 0.05) is 29.2 Å². The second-order valence-electron chi connectivity index (χ2n) is 12.9. The number of likely N-dealkylation sites (tertiary alicyclic amines) is 1. The number of piperidine rings is 1. The summed E-state index contributed by atoms with van der Waals surface area (Å²) < 4.78 is 5.08. The molecule has 2 aliphatic rings. The van der Waals surface area contributed by atoms with Gasteiger partial charge in [0.05, 0.1) is 7.11 Å². The summed E-state index contributed by atoms with van der Waals surface area (Å²) in [6.07, 6.45) is 12.5. The summed E-state index contributed by atoms with van der Waals surface area (Å²) in [5.74, 6) is 2.62. The number of ketones is 1. The van der Waals surface area contributed by atoms with E-state index < -0.39 is 0 Å². The lowest BCUT2D eigenvalue weighted by molar-refractivity contribution is 0.101. The van der Waals surface area contributed by atoms with Gasteiger partial charge in [-0.15, -0.1) is 0 Å². The third-order valence-electron chi connectivity index (χ3n) is 8.64. The van der Waals surface area contributed by atoms with Gasteiger partial charge in [0.25, 0.3) is 0 Å². The van der Waals surface area contributed by atoms with E-state index in [2.05, 4.69) is 73.7 Å². The van der Waals surface area contributed by atoms with Crippen molar-refractivity contribution in [1.82, 2.24) is 4.90 Å². The molecule has 2 fully saturated rings. The highest BCUT2D eigenvalue weighted by molar-refractivity contribution is 6.00. The molecule has 5 nitrogen and oxygen atoms in total. The van der Waals surface area contributed by atoms with Gasteiger partial charge >= 0.3 is 0 Å². The summed E-state index contributed by atoms with van der Waals surface area (Å²) in [5, 5.41) is 6.74. The quantitative estimate of drug-likeness (QED) is 0.210. The number of aryl methyl sites for hydroxylation is 1. The molecule has 0 unspecified atom stereocenters. The van der Waals surface area contributed by atoms with Gasteiger partial charge in [-0.2, -0.15) is 0 Å². The Labute approximate surface area is 309 Å². The minimum absolute atomic E-state index is 0.0632. The second kappa shape index (κ2) is 30.5. The van der Waals surface area contributed by atoms with Crippen molar-refractivity contribution in [3.8, 4) is 5.75 Å². The van der Waals surface area contributed by atoms with E-state index in [1.165, 1.54) is 68.5 Å². The Hall–Kier alpha value is -3.31. The summed E-state index contributed by atoms with van der Waals surface area (Å²) in [6, 6.07) is 16.2. The van der Waals surface area contributed by atoms with Crippen molar-refractivity contribution in [2.75, 3.05) is 20.2 Å². The van der Waals surface area contributed by atoms with Gasteiger partial charge in [0.2, 0.25) is 0 Å². The molecular formula is C45H75N3O2. The molecule has 1 N–H and O–H groups in total. The average molecular weight is 690 g/mol. The van der Waals surface area contributed by atoms with Crippen LogP contribution in [-0.2, 0) is 6.54 Å². The Morgan fingerprint density at radius 1 is 0.960 bits per heavy atom. The lowest BCUT2D eigenvalue weighted by Gasteiger charge is -2.30. The Balaban J connectivity index is 0. The molecule has 0 bridgehead atoms. The van der Waals surface area contributed by atoms with Gasteiger partial charge in [-0.05, 0) is 115 Å². The number of carbonyl (C=O) groups is 1. The third-order valence-corrected chi connectivity index (χ3v) is 8.64. The molecule has 1 heterocycles. The average Bonchev–Trinajstić information content (AvgIpc) is 3.65. The predicted molar refractivity (Wildman–Crippen MR) is 222 cm³/mol. The number of rotatable bonds is 9. The molecule has 1 saturated heterocycles. The standard InChI is InChI=1S/C14H23N.C13H19N.C10H12O2.C4H9N.2C2H6/c1-5-12(4)14(15-11(2)3)10-13-8-6-7-9-13;1-12-7-9-14(10-8-12)11-13-5-3-2-4-6-13;1-7-4-5-9(8(2)11)6-10(7)12-3;1-3-4(2)5;2*1-2/h5,13H,2,6-10H2,1,3-4H3;2-6,12H,7-11H2,1H3;4-6H,1-3H3;5H,3H2,1-2H3;2*1-2H3/b12-5-,15-14?;;;;;. The Morgan fingerprint density at radius 3 is 1.94 bits per heavy atom. The lowest BCUT2D eigenvalue weighted by Crippen LogP contribution is -2.32. The van der Waals surface area contributed by atoms with Crippen LogP contribution >= 0.6 is 0 Å². The van der Waals surface area contributed by atoms with Gasteiger partial charge in [-0.3, -0.25) is 14.7 Å². The summed E-state index contributed by atoms with van der Waals surface area (Å²) >= 11 is 0. The maximum Gasteiger partial charge on any atom is 0.159 e. The largest absolute Gasteiger partial charge is 0.496 e. The molecule has 50 heavy (non-hydrogen) atoms. The monoisotopic (exact) mass is 690 g/mol. The molecular weight excluding hydrogens is 615 g/mol. The molecule has 5 heteroatoms. The minimum Gasteiger partial charge on any atom is -0.496 e. The number of ether oxygens (including phenoxy) is 1. The van der Waals surface area contributed by atoms with Crippen molar-refractivity contribution in [2.45, 2.75) is 141 Å². The zero-order chi connectivity index (χ0) is 38.5. The predicted octanol–water partition coefficient (Wildman–Crippen LogP) is 13.1. The van der Waals surface area contributed by atoms with E-state index in [1.54, 1.807) is 33.1 Å². The third kappa shape index (κ3) is 23.2. The number of methoxy groups -OCH3 is 1. The molecule has 0 atom stereocenters. The molecule has 4 rings (SSSR count). The van der Waals surface area contributed by atoms with Crippen LogP contribution in [0.5, 0.6) is 5.75 Å². The number of hydrogen-bond donors (Lipinski definition) is 1. The van der Waals surface area contributed by atoms with Crippen LogP contribution in [0.15, 0.2) is 77.4 Å². The van der Waals surface area contributed by atoms with Gasteiger partial charge in [-0.25, -0.2) is 0 Å². The van der Waals surface area contributed by atoms with Crippen LogP contribution < -0.4 is 4.74 Å². The maximum atomic E-state index is 11.0. The van der Waals surface area contributed by atoms with E-state index in [1.807, 2.05) is 54.5 Å². The highest BCUT2D eigenvalue weighted by Crippen LogP contribution is 2.29. The number of aliphatic imine (C=N–C) groups is 1. The first-order chi connectivity index (χ1) is 23.9. The number of carbonyl (C=O) groups excluding carboxylic acids is 1. The van der Waals surface area contributed by atoms with Crippen molar-refractivity contribution in [1.29, 1.82) is 5.41 Å². The number of Topliss-reactive ketones (excluding diaryl/α,β-unsaturated/α-hetero) is 1. The van der Waals surface area contributed by atoms with Crippen molar-refractivity contribution in [2.24, 2.45) is 16.8 Å². The first-order valence-electron chi connectivity index (χ1n) is 19.2. The van der Waals surface area contributed by atoms with E-state index in [-0.39, 0.29) is 5.78 Å². The molecule has 2 aromatic carbocycles. The molecule has 0 radical (unpaired) electrons. The molecule has 1 saturated carbocycles. The first-order valence-corrected chi connectivity index (χ1v) is 19.2. The Bertz CT molecular complexity index is 1250. The maximum absolute atomic E-state index is 11.0. The van der Waals surface area contributed by atoms with Crippen molar-refractivity contribution in [3.05, 3.63) is 89.1 Å². The highest BCUT2D eigenvalue weighted by Gasteiger charge is 2.18. The molecule has 1 aliphatic carbocycles. The molecule has 0 aromatic heterocycles. The van der Waals surface area contributed by atoms with Crippen molar-refractivity contribution >= 4 is 17.2 Å². The number of nitrogens with zero attached hydrogens (tertiary/aromatic N) is 2. The van der Waals surface area contributed by atoms with Crippen molar-refractivity contribution in [3.63, 3.8) is 0 Å². The fourth-order valence-corrected chi connectivity index (χ4v) is 5.28. The Morgan fingerprint density at radius 2 is 1.50 bits per heavy atom. The smallest absolute Gasteiger partial charge is 0.159 e. The van der Waals surface area contributed by atoms with Gasteiger partial charge in [0.1, 0.15) is 5.75 Å². The molecule has 0 spiro atoms. The normalized spacial score (nSPS) is 14.7. The van der Waals surface area contributed by atoms with Gasteiger partial charge < -0.3 is 10.1 Å². The molecule has 1 aliphatic heterocycles. The van der Waals surface area contributed by atoms with Crippen molar-refractivity contribution < 1.29 is 9.53 Å². The fourth-order valence-electron chi connectivity index (χ4n) is 5.28. The molecule has 0 amide bonds. The van der Waals surface area contributed by atoms with Gasteiger partial charge in [0.15, 0.2) is 5.78 Å². The zero-order valence-corrected chi connectivity index (χ0v) is 34.5. The second-order valence-corrected chi connectivity index (χ2v) is 12.9. The zero-order valence-electron chi connectivity index (χ0n) is 34.5. The van der Waals surface area contributed by atoms with E-state index in [9.17, 15) is 4.79 Å². The number of allylic oxidation sites excluding steroid dienone is 3. The number of benzene rings is 2. The van der Waals surface area contributed by atoms with Crippen LogP contribution in [0.25, 0.3) is 0 Å². The molecule has 282 valence electrons. The summed E-state index contributed by atoms with van der Waals surface area (Å²) in [5.41, 5.74) is 7.41. The van der Waals surface area contributed by atoms with E-state index in [0.29, 0.717) is 5.56 Å². The summed E-state index contributed by atoms with van der Waals surface area (Å²) in [7, 11) is 1.60. The van der Waals surface area contributed by atoms with Crippen LogP contribution in [0.2, 0.25) is 0 Å². The number of hydrogen-bond acceptors (Lipinski definition) is 5. The summed E-state index contributed by atoms with van der Waals surface area (Å²) in [4.78, 5) is 18.1. The highest BCUT2D eigenvalue weighted by atomic mass is 16.5. The fraction of sp³-hybridized carbons (Fsp3) is 0.578. The van der Waals surface area contributed by atoms with E-state index >= 15 is 0 Å². The van der Waals surface area contributed by atoms with Crippen LogP contribution in [0.4, 0.5) is 0 Å². The lowest BCUT2D eigenvalue weighted by atomic mass is 9.96. The summed E-state index contributed by atoms with van der Waals surface area (Å²) in [6.45, 7) is 31.4. The minimum atomic E-state index is 0.0632.